The van der Waals surface area contributed by atoms with E-state index < -0.39 is 0 Å². The summed E-state index contributed by atoms with van der Waals surface area (Å²) in [6.45, 7) is 4.77. The predicted molar refractivity (Wildman–Crippen MR) is 65.1 cm³/mol. The molecule has 0 aromatic heterocycles. The zero-order chi connectivity index (χ0) is 11.4. The molecule has 2 rings (SSSR count). The largest absolute Gasteiger partial charge is 0.355 e. The zero-order valence-electron chi connectivity index (χ0n) is 10.1. The molecule has 1 heterocycles. The highest BCUT2D eigenvalue weighted by atomic mass is 16.1. The Labute approximate surface area is 97.7 Å². The molecule has 0 spiro atoms. The van der Waals surface area contributed by atoms with Crippen molar-refractivity contribution in [3.8, 4) is 0 Å². The number of rotatable bonds is 4. The second-order valence-electron chi connectivity index (χ2n) is 5.04. The van der Waals surface area contributed by atoms with Gasteiger partial charge >= 0.3 is 0 Å². The number of nitrogens with one attached hydrogen (secondary N) is 2. The lowest BCUT2D eigenvalue weighted by Crippen LogP contribution is -2.34. The molecule has 0 aromatic rings. The molecular weight excluding hydrogens is 200 g/mol. The number of amides is 1. The monoisotopic (exact) mass is 222 g/mol. The van der Waals surface area contributed by atoms with E-state index >= 15 is 0 Å². The normalized spacial score (nSPS) is 29.2. The lowest BCUT2D eigenvalue weighted by molar-refractivity contribution is -0.125. The van der Waals surface area contributed by atoms with Crippen molar-refractivity contribution in [1.29, 1.82) is 0 Å². The van der Waals surface area contributed by atoms with Crippen LogP contribution in [0.2, 0.25) is 0 Å². The summed E-state index contributed by atoms with van der Waals surface area (Å²) in [5.74, 6) is 0.888. The van der Waals surface area contributed by atoms with Crippen molar-refractivity contribution < 1.29 is 4.79 Å². The first-order valence-corrected chi connectivity index (χ1v) is 6.43. The van der Waals surface area contributed by atoms with Crippen LogP contribution in [-0.4, -0.2) is 25.5 Å². The van der Waals surface area contributed by atoms with Gasteiger partial charge in [-0.15, -0.1) is 0 Å². The molecule has 3 heteroatoms. The van der Waals surface area contributed by atoms with Crippen LogP contribution in [0.25, 0.3) is 0 Å². The fourth-order valence-corrected chi connectivity index (χ4v) is 2.60. The number of carbonyl (C=O) groups is 1. The van der Waals surface area contributed by atoms with Crippen LogP contribution in [-0.2, 0) is 4.79 Å². The van der Waals surface area contributed by atoms with E-state index in [1.54, 1.807) is 0 Å². The Hall–Kier alpha value is -0.830. The van der Waals surface area contributed by atoms with Crippen molar-refractivity contribution in [3.05, 3.63) is 11.6 Å². The minimum Gasteiger partial charge on any atom is -0.355 e. The van der Waals surface area contributed by atoms with Crippen molar-refractivity contribution in [3.63, 3.8) is 0 Å². The Kier molecular flexibility index (Phi) is 3.99. The van der Waals surface area contributed by atoms with Gasteiger partial charge in [0.15, 0.2) is 0 Å². The molecule has 2 aliphatic rings. The summed E-state index contributed by atoms with van der Waals surface area (Å²) in [6, 6.07) is 0. The summed E-state index contributed by atoms with van der Waals surface area (Å²) in [5.41, 5.74) is 1.53. The van der Waals surface area contributed by atoms with Crippen LogP contribution in [0.1, 0.15) is 32.6 Å². The lowest BCUT2D eigenvalue weighted by Gasteiger charge is -2.14. The van der Waals surface area contributed by atoms with Crippen molar-refractivity contribution in [2.45, 2.75) is 32.6 Å². The van der Waals surface area contributed by atoms with Crippen LogP contribution in [0.3, 0.4) is 0 Å². The molecule has 3 nitrogen and oxygen atoms in total. The van der Waals surface area contributed by atoms with Gasteiger partial charge in [0.25, 0.3) is 0 Å². The molecule has 0 saturated carbocycles. The van der Waals surface area contributed by atoms with Gasteiger partial charge in [-0.25, -0.2) is 0 Å². The first-order chi connectivity index (χ1) is 7.77. The molecule has 90 valence electrons. The van der Waals surface area contributed by atoms with E-state index in [0.717, 1.165) is 26.1 Å². The average Bonchev–Trinajstić information content (AvgIpc) is 2.88. The van der Waals surface area contributed by atoms with Gasteiger partial charge in [0, 0.05) is 13.1 Å². The minimum absolute atomic E-state index is 0.178. The SMILES string of the molecule is C[C@@H]1CNC[C@H]1C(=O)NCCC1=CCCC1. The third kappa shape index (κ3) is 2.85. The van der Waals surface area contributed by atoms with Crippen LogP contribution in [0, 0.1) is 11.8 Å². The summed E-state index contributed by atoms with van der Waals surface area (Å²) in [5, 5.41) is 6.32. The van der Waals surface area contributed by atoms with Gasteiger partial charge in [-0.1, -0.05) is 18.6 Å². The van der Waals surface area contributed by atoms with Gasteiger partial charge < -0.3 is 10.6 Å². The molecule has 2 N–H and O–H groups in total. The third-order valence-corrected chi connectivity index (χ3v) is 3.73. The van der Waals surface area contributed by atoms with E-state index in [2.05, 4.69) is 23.6 Å². The van der Waals surface area contributed by atoms with E-state index in [1.165, 1.54) is 24.8 Å². The summed E-state index contributed by atoms with van der Waals surface area (Å²) >= 11 is 0. The first-order valence-electron chi connectivity index (χ1n) is 6.43. The van der Waals surface area contributed by atoms with Gasteiger partial charge in [0.2, 0.25) is 5.91 Å². The second kappa shape index (κ2) is 5.48. The number of carbonyl (C=O) groups excluding carboxylic acids is 1. The van der Waals surface area contributed by atoms with Crippen molar-refractivity contribution >= 4 is 5.91 Å². The predicted octanol–water partition coefficient (Wildman–Crippen LogP) is 1.46. The lowest BCUT2D eigenvalue weighted by atomic mass is 9.97. The first kappa shape index (κ1) is 11.6. The molecule has 0 bridgehead atoms. The summed E-state index contributed by atoms with van der Waals surface area (Å²) in [6.07, 6.45) is 7.13. The topological polar surface area (TPSA) is 41.1 Å². The summed E-state index contributed by atoms with van der Waals surface area (Å²) < 4.78 is 0. The molecule has 1 fully saturated rings. The molecule has 1 aliphatic carbocycles. The van der Waals surface area contributed by atoms with Crippen LogP contribution >= 0.6 is 0 Å². The van der Waals surface area contributed by atoms with Gasteiger partial charge in [-0.3, -0.25) is 4.79 Å². The minimum atomic E-state index is 0.178. The zero-order valence-corrected chi connectivity index (χ0v) is 10.1. The van der Waals surface area contributed by atoms with E-state index in [1.807, 2.05) is 0 Å². The second-order valence-corrected chi connectivity index (χ2v) is 5.04. The smallest absolute Gasteiger partial charge is 0.224 e. The van der Waals surface area contributed by atoms with Gasteiger partial charge in [0.1, 0.15) is 0 Å². The molecular formula is C13H22N2O. The molecule has 2 atom stereocenters. The summed E-state index contributed by atoms with van der Waals surface area (Å²) in [7, 11) is 0. The van der Waals surface area contributed by atoms with E-state index in [-0.39, 0.29) is 11.8 Å². The molecule has 0 unspecified atom stereocenters. The Bertz CT molecular complexity index is 286. The number of hydrogen-bond acceptors (Lipinski definition) is 2. The Balaban J connectivity index is 1.67. The fourth-order valence-electron chi connectivity index (χ4n) is 2.60. The Morgan fingerprint density at radius 3 is 3.06 bits per heavy atom. The molecule has 16 heavy (non-hydrogen) atoms. The van der Waals surface area contributed by atoms with Crippen LogP contribution in [0.4, 0.5) is 0 Å². The average molecular weight is 222 g/mol. The fraction of sp³-hybridized carbons (Fsp3) is 0.769. The van der Waals surface area contributed by atoms with Crippen molar-refractivity contribution in [2.24, 2.45) is 11.8 Å². The maximum atomic E-state index is 11.9. The molecule has 0 aromatic carbocycles. The van der Waals surface area contributed by atoms with Gasteiger partial charge in [0.05, 0.1) is 5.92 Å². The van der Waals surface area contributed by atoms with Gasteiger partial charge in [-0.05, 0) is 38.1 Å². The van der Waals surface area contributed by atoms with Crippen molar-refractivity contribution in [2.75, 3.05) is 19.6 Å². The van der Waals surface area contributed by atoms with Crippen LogP contribution < -0.4 is 10.6 Å². The van der Waals surface area contributed by atoms with Crippen molar-refractivity contribution in [1.82, 2.24) is 10.6 Å². The molecule has 0 radical (unpaired) electrons. The maximum absolute atomic E-state index is 11.9. The quantitative estimate of drug-likeness (QED) is 0.707. The van der Waals surface area contributed by atoms with E-state index in [4.69, 9.17) is 0 Å². The standard InChI is InChI=1S/C13H22N2O/c1-10-8-14-9-12(10)13(16)15-7-6-11-4-2-3-5-11/h4,10,12,14H,2-3,5-9H2,1H3,(H,15,16)/t10-,12-/m1/s1. The van der Waals surface area contributed by atoms with Crippen LogP contribution in [0.15, 0.2) is 11.6 Å². The van der Waals surface area contributed by atoms with Crippen LogP contribution in [0.5, 0.6) is 0 Å². The Morgan fingerprint density at radius 1 is 1.56 bits per heavy atom. The number of allylic oxidation sites excluding steroid dienone is 1. The Morgan fingerprint density at radius 2 is 2.44 bits per heavy atom. The van der Waals surface area contributed by atoms with E-state index in [9.17, 15) is 4.79 Å². The molecule has 1 amide bonds. The number of hydrogen-bond donors (Lipinski definition) is 2. The maximum Gasteiger partial charge on any atom is 0.224 e. The molecule has 1 saturated heterocycles. The van der Waals surface area contributed by atoms with Gasteiger partial charge in [-0.2, -0.15) is 0 Å². The highest BCUT2D eigenvalue weighted by Crippen LogP contribution is 2.20. The molecule has 1 aliphatic heterocycles. The highest BCUT2D eigenvalue weighted by molar-refractivity contribution is 5.79. The highest BCUT2D eigenvalue weighted by Gasteiger charge is 2.29. The van der Waals surface area contributed by atoms with E-state index in [0.29, 0.717) is 5.92 Å². The third-order valence-electron chi connectivity index (χ3n) is 3.73. The summed E-state index contributed by atoms with van der Waals surface area (Å²) in [4.78, 5) is 11.9.